The van der Waals surface area contributed by atoms with Crippen LogP contribution in [0, 0.1) is 5.82 Å². The Morgan fingerprint density at radius 3 is 2.32 bits per heavy atom. The molecule has 0 bridgehead atoms. The third kappa shape index (κ3) is 8.34. The smallest absolute Gasteiger partial charge is 0.303 e. The van der Waals surface area contributed by atoms with Gasteiger partial charge in [0.05, 0.1) is 13.5 Å². The van der Waals surface area contributed by atoms with Crippen molar-refractivity contribution < 1.29 is 23.8 Å². The van der Waals surface area contributed by atoms with Gasteiger partial charge in [-0.25, -0.2) is 4.39 Å². The Morgan fingerprint density at radius 1 is 0.973 bits per heavy atom. The van der Waals surface area contributed by atoms with Crippen LogP contribution < -0.4 is 9.47 Å². The molecule has 0 saturated heterocycles. The maximum atomic E-state index is 14.7. The molecule has 4 nitrogen and oxygen atoms in total. The van der Waals surface area contributed by atoms with E-state index in [9.17, 15) is 14.3 Å². The number of carboxylic acid groups (broad SMARTS) is 1. The van der Waals surface area contributed by atoms with Gasteiger partial charge < -0.3 is 14.6 Å². The van der Waals surface area contributed by atoms with Gasteiger partial charge >= 0.3 is 5.97 Å². The molecule has 0 aromatic heterocycles. The van der Waals surface area contributed by atoms with Crippen molar-refractivity contribution in [2.45, 2.75) is 78.7 Å². The number of aliphatic carboxylic acids is 1. The quantitative estimate of drug-likeness (QED) is 0.297. The van der Waals surface area contributed by atoms with E-state index in [1.54, 1.807) is 19.2 Å². The Morgan fingerprint density at radius 2 is 1.70 bits per heavy atom. The van der Waals surface area contributed by atoms with Crippen molar-refractivity contribution in [2.75, 3.05) is 7.11 Å². The summed E-state index contributed by atoms with van der Waals surface area (Å²) in [4.78, 5) is 11.3. The average molecular weight is 509 g/mol. The van der Waals surface area contributed by atoms with Gasteiger partial charge in [-0.2, -0.15) is 0 Å². The minimum atomic E-state index is -0.794. The summed E-state index contributed by atoms with van der Waals surface area (Å²) in [5.74, 6) is 0.190. The third-order valence-electron chi connectivity index (χ3n) is 6.15. The van der Waals surface area contributed by atoms with Crippen LogP contribution in [0.1, 0.15) is 83.4 Å². The molecule has 1 unspecified atom stereocenters. The molecule has 0 aliphatic rings. The summed E-state index contributed by atoms with van der Waals surface area (Å²) < 4.78 is 26.2. The Labute approximate surface area is 221 Å². The normalized spacial score (nSPS) is 11.8. The Balaban J connectivity index is 0.00000235. The molecule has 0 fully saturated rings. The summed E-state index contributed by atoms with van der Waals surface area (Å²) >= 11 is 0. The summed E-state index contributed by atoms with van der Waals surface area (Å²) in [7, 11) is 1.57. The number of ether oxygens (including phenoxy) is 2. The summed E-state index contributed by atoms with van der Waals surface area (Å²) in [6.07, 6.45) is 1.83. The van der Waals surface area contributed by atoms with Gasteiger partial charge in [0.15, 0.2) is 0 Å². The van der Waals surface area contributed by atoms with Crippen LogP contribution in [0.3, 0.4) is 0 Å². The van der Waals surface area contributed by atoms with Crippen molar-refractivity contribution in [1.29, 1.82) is 0 Å². The molecule has 0 amide bonds. The zero-order valence-corrected chi connectivity index (χ0v) is 23.2. The second-order valence-corrected chi connectivity index (χ2v) is 9.92. The second kappa shape index (κ2) is 13.8. The summed E-state index contributed by atoms with van der Waals surface area (Å²) in [6.45, 7) is 12.7. The zero-order chi connectivity index (χ0) is 27.6. The maximum Gasteiger partial charge on any atom is 0.303 e. The first-order valence-electron chi connectivity index (χ1n) is 13.0. The van der Waals surface area contributed by atoms with Crippen molar-refractivity contribution in [2.24, 2.45) is 0 Å². The number of hydrogen-bond donors (Lipinski definition) is 1. The molecule has 1 atom stereocenters. The number of rotatable bonds is 10. The molecule has 3 aromatic rings. The van der Waals surface area contributed by atoms with Crippen molar-refractivity contribution in [3.63, 3.8) is 0 Å². The van der Waals surface area contributed by atoms with Crippen molar-refractivity contribution in [3.8, 4) is 22.6 Å². The number of carboxylic acids is 1. The van der Waals surface area contributed by atoms with Gasteiger partial charge in [-0.1, -0.05) is 78.3 Å². The monoisotopic (exact) mass is 508 g/mol. The van der Waals surface area contributed by atoms with E-state index in [0.717, 1.165) is 35.1 Å². The molecule has 200 valence electrons. The summed E-state index contributed by atoms with van der Waals surface area (Å²) in [5.41, 5.74) is 4.09. The number of halogens is 1. The van der Waals surface area contributed by atoms with E-state index in [0.29, 0.717) is 23.7 Å². The van der Waals surface area contributed by atoms with Gasteiger partial charge in [0.1, 0.15) is 23.9 Å². The fourth-order valence-corrected chi connectivity index (χ4v) is 4.35. The van der Waals surface area contributed by atoms with E-state index in [1.165, 1.54) is 6.07 Å². The van der Waals surface area contributed by atoms with Crippen LogP contribution in [0.2, 0.25) is 0 Å². The van der Waals surface area contributed by atoms with Gasteiger partial charge in [0.2, 0.25) is 0 Å². The lowest BCUT2D eigenvalue weighted by atomic mass is 9.81. The van der Waals surface area contributed by atoms with E-state index >= 15 is 0 Å². The fourth-order valence-electron chi connectivity index (χ4n) is 4.35. The standard InChI is InChI=1S/C30H35FO4.C2H6/c1-6-8-21(17-29(32)33)22-9-7-10-24(16-22)35-19-20-11-13-25(27(15-20)30(2,3)4)26-18-23(34-5)12-14-28(26)31;1-2/h7,9-16,18,21H,6,8,17,19H2,1-5H3,(H,32,33);1-2H3. The highest BCUT2D eigenvalue weighted by molar-refractivity contribution is 5.71. The lowest BCUT2D eigenvalue weighted by Crippen LogP contribution is -2.14. The highest BCUT2D eigenvalue weighted by Gasteiger charge is 2.22. The molecule has 1 N–H and O–H groups in total. The largest absolute Gasteiger partial charge is 0.497 e. The highest BCUT2D eigenvalue weighted by atomic mass is 19.1. The third-order valence-corrected chi connectivity index (χ3v) is 6.15. The number of benzene rings is 3. The SMILES string of the molecule is CC.CCCC(CC(=O)O)c1cccc(OCc2ccc(-c3cc(OC)ccc3F)c(C(C)(C)C)c2)c1. The van der Waals surface area contributed by atoms with Crippen LogP contribution >= 0.6 is 0 Å². The minimum Gasteiger partial charge on any atom is -0.497 e. The van der Waals surface area contributed by atoms with Crippen molar-refractivity contribution in [3.05, 3.63) is 83.2 Å². The van der Waals surface area contributed by atoms with Gasteiger partial charge in [0.25, 0.3) is 0 Å². The Kier molecular flexibility index (Phi) is 11.2. The number of methoxy groups -OCH3 is 1. The van der Waals surface area contributed by atoms with Gasteiger partial charge in [-0.3, -0.25) is 4.79 Å². The van der Waals surface area contributed by atoms with E-state index in [1.807, 2.05) is 50.2 Å². The summed E-state index contributed by atoms with van der Waals surface area (Å²) in [5, 5.41) is 9.27. The first kappa shape index (κ1) is 29.9. The Bertz CT molecular complexity index is 1160. The van der Waals surface area contributed by atoms with Gasteiger partial charge in [-0.15, -0.1) is 0 Å². The topological polar surface area (TPSA) is 55.8 Å². The van der Waals surface area contributed by atoms with Crippen LogP contribution in [0.15, 0.2) is 60.7 Å². The zero-order valence-electron chi connectivity index (χ0n) is 23.2. The lowest BCUT2D eigenvalue weighted by molar-refractivity contribution is -0.137. The fraction of sp³-hybridized carbons (Fsp3) is 0.406. The first-order chi connectivity index (χ1) is 17.6. The number of hydrogen-bond acceptors (Lipinski definition) is 3. The van der Waals surface area contributed by atoms with Gasteiger partial charge in [0, 0.05) is 5.56 Å². The Hall–Kier alpha value is -3.34. The van der Waals surface area contributed by atoms with E-state index < -0.39 is 5.97 Å². The predicted molar refractivity (Wildman–Crippen MR) is 149 cm³/mol. The lowest BCUT2D eigenvalue weighted by Gasteiger charge is -2.24. The van der Waals surface area contributed by atoms with Crippen molar-refractivity contribution in [1.82, 2.24) is 0 Å². The van der Waals surface area contributed by atoms with E-state index in [4.69, 9.17) is 9.47 Å². The first-order valence-corrected chi connectivity index (χ1v) is 13.0. The molecule has 0 spiro atoms. The van der Waals surface area contributed by atoms with Crippen LogP contribution in [-0.2, 0) is 16.8 Å². The molecule has 0 aliphatic carbocycles. The predicted octanol–water partition coefficient (Wildman–Crippen LogP) is 8.76. The molecule has 0 heterocycles. The molecule has 0 radical (unpaired) electrons. The molecule has 0 saturated carbocycles. The van der Waals surface area contributed by atoms with E-state index in [2.05, 4.69) is 33.8 Å². The maximum absolute atomic E-state index is 14.7. The molecular formula is C32H41FO4. The highest BCUT2D eigenvalue weighted by Crippen LogP contribution is 2.37. The van der Waals surface area contributed by atoms with Crippen LogP contribution in [0.25, 0.3) is 11.1 Å². The van der Waals surface area contributed by atoms with Crippen LogP contribution in [0.5, 0.6) is 11.5 Å². The van der Waals surface area contributed by atoms with E-state index in [-0.39, 0.29) is 23.6 Å². The molecule has 5 heteroatoms. The molecule has 0 aliphatic heterocycles. The van der Waals surface area contributed by atoms with Crippen LogP contribution in [0.4, 0.5) is 4.39 Å². The molecule has 37 heavy (non-hydrogen) atoms. The molecule has 3 aromatic carbocycles. The average Bonchev–Trinajstić information content (AvgIpc) is 2.88. The second-order valence-electron chi connectivity index (χ2n) is 9.92. The molecular weight excluding hydrogens is 467 g/mol. The summed E-state index contributed by atoms with van der Waals surface area (Å²) in [6, 6.07) is 18.4. The van der Waals surface area contributed by atoms with Crippen molar-refractivity contribution >= 4 is 5.97 Å². The molecule has 3 rings (SSSR count). The minimum absolute atomic E-state index is 0.0365. The van der Waals surface area contributed by atoms with Crippen LogP contribution in [-0.4, -0.2) is 18.2 Å². The number of carbonyl (C=O) groups is 1. The van der Waals surface area contributed by atoms with Gasteiger partial charge in [-0.05, 0) is 70.3 Å².